The lowest BCUT2D eigenvalue weighted by Gasteiger charge is -2.18. The highest BCUT2D eigenvalue weighted by molar-refractivity contribution is 8.13. The summed E-state index contributed by atoms with van der Waals surface area (Å²) in [6.45, 7) is 3.33. The van der Waals surface area contributed by atoms with E-state index in [1.807, 2.05) is 12.1 Å². The molecule has 2 aromatic carbocycles. The Hall–Kier alpha value is -1.78. The Bertz CT molecular complexity index is 743. The lowest BCUT2D eigenvalue weighted by molar-refractivity contribution is 0.0861. The maximum absolute atomic E-state index is 12.7. The number of carbonyl (C=O) groups is 1. The van der Waals surface area contributed by atoms with Crippen LogP contribution >= 0.6 is 23.4 Å². The molecule has 0 aromatic heterocycles. The number of hydrogen-bond donors (Lipinski definition) is 0. The van der Waals surface area contributed by atoms with Crippen LogP contribution in [0.15, 0.2) is 53.5 Å². The number of benzene rings is 2. The first-order chi connectivity index (χ1) is 11.1. The van der Waals surface area contributed by atoms with Crippen molar-refractivity contribution in [2.75, 3.05) is 13.1 Å². The zero-order chi connectivity index (χ0) is 16.2. The second kappa shape index (κ2) is 7.20. The fourth-order valence-electron chi connectivity index (χ4n) is 2.35. The molecule has 0 aliphatic carbocycles. The third-order valence-electron chi connectivity index (χ3n) is 3.64. The topological polar surface area (TPSA) is 32.7 Å². The van der Waals surface area contributed by atoms with E-state index >= 15 is 0 Å². The first-order valence-electron chi connectivity index (χ1n) is 7.44. The monoisotopic (exact) mass is 344 g/mol. The van der Waals surface area contributed by atoms with Crippen molar-refractivity contribution in [2.45, 2.75) is 12.7 Å². The molecule has 0 bridgehead atoms. The summed E-state index contributed by atoms with van der Waals surface area (Å²) in [5, 5.41) is 1.25. The van der Waals surface area contributed by atoms with Gasteiger partial charge >= 0.3 is 0 Å². The van der Waals surface area contributed by atoms with E-state index in [4.69, 9.17) is 11.6 Å². The van der Waals surface area contributed by atoms with Gasteiger partial charge in [0, 0.05) is 12.3 Å². The number of amides is 1. The Morgan fingerprint density at radius 2 is 1.96 bits per heavy atom. The molecule has 1 aliphatic rings. The molecule has 1 heterocycles. The van der Waals surface area contributed by atoms with Crippen LogP contribution in [0.2, 0.25) is 5.02 Å². The van der Waals surface area contributed by atoms with E-state index in [0.717, 1.165) is 10.9 Å². The molecule has 0 atom stereocenters. The molecule has 118 valence electrons. The number of aliphatic imine (C=N–C) groups is 1. The molecule has 1 amide bonds. The number of amidine groups is 1. The summed E-state index contributed by atoms with van der Waals surface area (Å²) in [7, 11) is 0. The molecular weight excluding hydrogens is 328 g/mol. The molecular formula is C18H17ClN2OS. The van der Waals surface area contributed by atoms with E-state index in [1.54, 1.807) is 28.8 Å². The Balaban J connectivity index is 1.69. The number of thioether (sulfide) groups is 1. The van der Waals surface area contributed by atoms with Gasteiger partial charge in [-0.3, -0.25) is 14.7 Å². The van der Waals surface area contributed by atoms with E-state index in [2.05, 4.69) is 36.2 Å². The van der Waals surface area contributed by atoms with Crippen LogP contribution in [0.3, 0.4) is 0 Å². The highest BCUT2D eigenvalue weighted by atomic mass is 35.5. The standard InChI is InChI=1S/C18H17ClN2OS/c1-13-6-8-14(9-7-13)12-23-18-20-10-11-21(18)17(22)15-4-2-3-5-16(15)19/h2-9H,10-12H2,1H3. The van der Waals surface area contributed by atoms with Crippen molar-refractivity contribution in [3.05, 3.63) is 70.2 Å². The summed E-state index contributed by atoms with van der Waals surface area (Å²) >= 11 is 7.73. The number of carbonyl (C=O) groups excluding carboxylic acids is 1. The summed E-state index contributed by atoms with van der Waals surface area (Å²) in [5.74, 6) is 0.717. The molecule has 23 heavy (non-hydrogen) atoms. The molecule has 1 aliphatic heterocycles. The quantitative estimate of drug-likeness (QED) is 0.827. The van der Waals surface area contributed by atoms with Crippen LogP contribution in [0.25, 0.3) is 0 Å². The molecule has 0 radical (unpaired) electrons. The number of nitrogens with zero attached hydrogens (tertiary/aromatic N) is 2. The summed E-state index contributed by atoms with van der Waals surface area (Å²) in [4.78, 5) is 18.9. The van der Waals surface area contributed by atoms with Gasteiger partial charge in [-0.2, -0.15) is 0 Å². The number of hydrogen-bond acceptors (Lipinski definition) is 3. The van der Waals surface area contributed by atoms with Crippen LogP contribution in [0.1, 0.15) is 21.5 Å². The number of rotatable bonds is 3. The number of halogens is 1. The Labute approximate surface area is 145 Å². The van der Waals surface area contributed by atoms with Gasteiger partial charge in [-0.15, -0.1) is 0 Å². The lowest BCUT2D eigenvalue weighted by atomic mass is 10.2. The third-order valence-corrected chi connectivity index (χ3v) is 5.05. The third kappa shape index (κ3) is 3.77. The molecule has 5 heteroatoms. The van der Waals surface area contributed by atoms with E-state index in [1.165, 1.54) is 11.1 Å². The normalized spacial score (nSPS) is 14.0. The fraction of sp³-hybridized carbons (Fsp3) is 0.222. The predicted octanol–water partition coefficient (Wildman–Crippen LogP) is 4.39. The van der Waals surface area contributed by atoms with Gasteiger partial charge in [-0.25, -0.2) is 0 Å². The molecule has 2 aromatic rings. The average molecular weight is 345 g/mol. The van der Waals surface area contributed by atoms with E-state index in [-0.39, 0.29) is 5.91 Å². The molecule has 0 saturated heterocycles. The zero-order valence-corrected chi connectivity index (χ0v) is 14.4. The average Bonchev–Trinajstić information content (AvgIpc) is 3.03. The largest absolute Gasteiger partial charge is 0.286 e. The number of aryl methyl sites for hydroxylation is 1. The minimum absolute atomic E-state index is 0.0803. The van der Waals surface area contributed by atoms with Crippen LogP contribution in [-0.4, -0.2) is 29.1 Å². The van der Waals surface area contributed by atoms with Gasteiger partial charge < -0.3 is 0 Å². The predicted molar refractivity (Wildman–Crippen MR) is 97.3 cm³/mol. The maximum atomic E-state index is 12.7. The molecule has 3 rings (SSSR count). The summed E-state index contributed by atoms with van der Waals surface area (Å²) < 4.78 is 0. The van der Waals surface area contributed by atoms with Crippen molar-refractivity contribution in [3.63, 3.8) is 0 Å². The SMILES string of the molecule is Cc1ccc(CSC2=NCCN2C(=O)c2ccccc2Cl)cc1. The van der Waals surface area contributed by atoms with Crippen molar-refractivity contribution in [3.8, 4) is 0 Å². The second-order valence-electron chi connectivity index (χ2n) is 5.38. The maximum Gasteiger partial charge on any atom is 0.261 e. The molecule has 0 unspecified atom stereocenters. The highest BCUT2D eigenvalue weighted by Gasteiger charge is 2.26. The van der Waals surface area contributed by atoms with Gasteiger partial charge in [0.15, 0.2) is 5.17 Å². The van der Waals surface area contributed by atoms with E-state index < -0.39 is 0 Å². The smallest absolute Gasteiger partial charge is 0.261 e. The first-order valence-corrected chi connectivity index (χ1v) is 8.81. The van der Waals surface area contributed by atoms with Crippen LogP contribution in [-0.2, 0) is 5.75 Å². The Kier molecular flexibility index (Phi) is 5.03. The minimum atomic E-state index is -0.0803. The second-order valence-corrected chi connectivity index (χ2v) is 6.72. The molecule has 0 fully saturated rings. The van der Waals surface area contributed by atoms with Crippen molar-refractivity contribution < 1.29 is 4.79 Å². The van der Waals surface area contributed by atoms with Crippen molar-refractivity contribution >= 4 is 34.4 Å². The highest BCUT2D eigenvalue weighted by Crippen LogP contribution is 2.24. The van der Waals surface area contributed by atoms with Crippen molar-refractivity contribution in [1.29, 1.82) is 0 Å². The van der Waals surface area contributed by atoms with Crippen LogP contribution in [0.5, 0.6) is 0 Å². The first kappa shape index (κ1) is 16.1. The summed E-state index contributed by atoms with van der Waals surface area (Å²) in [6.07, 6.45) is 0. The molecule has 0 spiro atoms. The van der Waals surface area contributed by atoms with Gasteiger partial charge in [-0.05, 0) is 24.6 Å². The summed E-state index contributed by atoms with van der Waals surface area (Å²) in [5.41, 5.74) is 2.99. The van der Waals surface area contributed by atoms with Crippen LogP contribution in [0.4, 0.5) is 0 Å². The van der Waals surface area contributed by atoms with Crippen molar-refractivity contribution in [1.82, 2.24) is 4.90 Å². The molecule has 3 nitrogen and oxygen atoms in total. The van der Waals surface area contributed by atoms with E-state index in [9.17, 15) is 4.79 Å². The Morgan fingerprint density at radius 1 is 1.22 bits per heavy atom. The Morgan fingerprint density at radius 3 is 2.70 bits per heavy atom. The zero-order valence-electron chi connectivity index (χ0n) is 12.8. The lowest BCUT2D eigenvalue weighted by Crippen LogP contribution is -2.33. The van der Waals surface area contributed by atoms with Gasteiger partial charge in [0.2, 0.25) is 0 Å². The van der Waals surface area contributed by atoms with Gasteiger partial charge in [0.25, 0.3) is 5.91 Å². The van der Waals surface area contributed by atoms with Gasteiger partial charge in [0.05, 0.1) is 17.1 Å². The van der Waals surface area contributed by atoms with Crippen LogP contribution in [0, 0.1) is 6.92 Å². The molecule has 0 N–H and O–H groups in total. The van der Waals surface area contributed by atoms with Gasteiger partial charge in [-0.1, -0.05) is 65.3 Å². The summed E-state index contributed by atoms with van der Waals surface area (Å²) in [6, 6.07) is 15.6. The van der Waals surface area contributed by atoms with Crippen molar-refractivity contribution in [2.24, 2.45) is 4.99 Å². The van der Waals surface area contributed by atoms with Gasteiger partial charge in [0.1, 0.15) is 0 Å². The molecule has 0 saturated carbocycles. The minimum Gasteiger partial charge on any atom is -0.286 e. The van der Waals surface area contributed by atoms with E-state index in [0.29, 0.717) is 23.7 Å². The fourth-order valence-corrected chi connectivity index (χ4v) is 3.57. The van der Waals surface area contributed by atoms with Crippen LogP contribution < -0.4 is 0 Å².